The van der Waals surface area contributed by atoms with E-state index >= 15 is 0 Å². The van der Waals surface area contributed by atoms with Crippen LogP contribution in [0, 0.1) is 0 Å². The molecule has 1 aromatic heterocycles. The minimum Gasteiger partial charge on any atom is -0.491 e. The zero-order chi connectivity index (χ0) is 23.5. The normalized spacial score (nSPS) is 15.9. The van der Waals surface area contributed by atoms with Gasteiger partial charge in [0.15, 0.2) is 0 Å². The molecule has 1 fully saturated rings. The van der Waals surface area contributed by atoms with E-state index in [2.05, 4.69) is 52.0 Å². The summed E-state index contributed by atoms with van der Waals surface area (Å²) in [6.07, 6.45) is 7.48. The summed E-state index contributed by atoms with van der Waals surface area (Å²) in [5.41, 5.74) is 5.42. The summed E-state index contributed by atoms with van der Waals surface area (Å²) in [7, 11) is 0. The third-order valence-electron chi connectivity index (χ3n) is 6.29. The summed E-state index contributed by atoms with van der Waals surface area (Å²) in [5, 5.41) is 10.9. The standard InChI is InChI=1S/C29H30N2O3/c1-21(2)34-26-12-10-25(11-13-26)31-20-30-27-19-23(7-14-28(27)31)4-3-22-5-8-24(9-6-22)29(32)15-17-33-18-16-29/h3-14,19-21,32H,15-18H2,1-2H3/b4-3-. The Labute approximate surface area is 200 Å². The summed E-state index contributed by atoms with van der Waals surface area (Å²) < 4.78 is 13.2. The minimum absolute atomic E-state index is 0.155. The van der Waals surface area contributed by atoms with Crippen molar-refractivity contribution in [3.05, 3.63) is 89.7 Å². The van der Waals surface area contributed by atoms with Gasteiger partial charge in [-0.1, -0.05) is 42.5 Å². The van der Waals surface area contributed by atoms with Gasteiger partial charge in [0, 0.05) is 31.7 Å². The zero-order valence-electron chi connectivity index (χ0n) is 19.6. The van der Waals surface area contributed by atoms with Gasteiger partial charge in [-0.2, -0.15) is 0 Å². The molecule has 0 unspecified atom stereocenters. The molecule has 1 N–H and O–H groups in total. The quantitative estimate of drug-likeness (QED) is 0.364. The first kappa shape index (κ1) is 22.4. The van der Waals surface area contributed by atoms with E-state index in [9.17, 15) is 5.11 Å². The molecule has 34 heavy (non-hydrogen) atoms. The summed E-state index contributed by atoms with van der Waals surface area (Å²) in [6, 6.07) is 22.5. The van der Waals surface area contributed by atoms with Crippen molar-refractivity contribution in [3.8, 4) is 11.4 Å². The average molecular weight is 455 g/mol. The van der Waals surface area contributed by atoms with Crippen molar-refractivity contribution in [1.82, 2.24) is 9.55 Å². The molecule has 174 valence electrons. The van der Waals surface area contributed by atoms with Crippen LogP contribution in [0.15, 0.2) is 73.1 Å². The van der Waals surface area contributed by atoms with Gasteiger partial charge in [0.1, 0.15) is 12.1 Å². The molecule has 0 saturated carbocycles. The predicted octanol–water partition coefficient (Wildman–Crippen LogP) is 5.98. The molecular formula is C29H30N2O3. The van der Waals surface area contributed by atoms with Gasteiger partial charge >= 0.3 is 0 Å². The molecule has 3 aromatic carbocycles. The van der Waals surface area contributed by atoms with Crippen LogP contribution in [0.3, 0.4) is 0 Å². The molecule has 5 nitrogen and oxygen atoms in total. The van der Waals surface area contributed by atoms with E-state index in [4.69, 9.17) is 9.47 Å². The van der Waals surface area contributed by atoms with Crippen molar-refractivity contribution < 1.29 is 14.6 Å². The van der Waals surface area contributed by atoms with E-state index in [1.54, 1.807) is 0 Å². The first-order chi connectivity index (χ1) is 16.5. The molecule has 1 aliphatic heterocycles. The highest BCUT2D eigenvalue weighted by Crippen LogP contribution is 2.32. The Balaban J connectivity index is 1.31. The molecule has 0 bridgehead atoms. The second-order valence-corrected chi connectivity index (χ2v) is 9.12. The number of imidazole rings is 1. The van der Waals surface area contributed by atoms with Crippen molar-refractivity contribution in [3.63, 3.8) is 0 Å². The molecule has 0 amide bonds. The van der Waals surface area contributed by atoms with E-state index < -0.39 is 5.60 Å². The van der Waals surface area contributed by atoms with Crippen LogP contribution in [0.4, 0.5) is 0 Å². The number of fused-ring (bicyclic) bond motifs is 1. The van der Waals surface area contributed by atoms with Crippen LogP contribution in [0.2, 0.25) is 0 Å². The van der Waals surface area contributed by atoms with E-state index in [-0.39, 0.29) is 6.10 Å². The number of ether oxygens (including phenoxy) is 2. The number of aromatic nitrogens is 2. The Hall–Kier alpha value is -3.41. The number of hydrogen-bond donors (Lipinski definition) is 1. The molecule has 0 aliphatic carbocycles. The Morgan fingerprint density at radius 2 is 1.62 bits per heavy atom. The molecule has 0 spiro atoms. The predicted molar refractivity (Wildman–Crippen MR) is 136 cm³/mol. The van der Waals surface area contributed by atoms with E-state index in [1.165, 1.54) is 0 Å². The molecule has 0 atom stereocenters. The first-order valence-corrected chi connectivity index (χ1v) is 11.8. The fourth-order valence-corrected chi connectivity index (χ4v) is 4.39. The van der Waals surface area contributed by atoms with Crippen molar-refractivity contribution >= 4 is 23.2 Å². The lowest BCUT2D eigenvalue weighted by Gasteiger charge is -2.32. The molecule has 5 heteroatoms. The third-order valence-corrected chi connectivity index (χ3v) is 6.29. The smallest absolute Gasteiger partial charge is 0.119 e. The Kier molecular flexibility index (Phi) is 6.22. The molecule has 1 saturated heterocycles. The van der Waals surface area contributed by atoms with Crippen LogP contribution in [-0.2, 0) is 10.3 Å². The molecular weight excluding hydrogens is 424 g/mol. The maximum atomic E-state index is 10.9. The summed E-state index contributed by atoms with van der Waals surface area (Å²) in [6.45, 7) is 5.26. The fourth-order valence-electron chi connectivity index (χ4n) is 4.39. The summed E-state index contributed by atoms with van der Waals surface area (Å²) in [5.74, 6) is 0.866. The fraction of sp³-hybridized carbons (Fsp3) is 0.276. The van der Waals surface area contributed by atoms with Gasteiger partial charge in [-0.3, -0.25) is 4.57 Å². The molecule has 4 aromatic rings. The maximum Gasteiger partial charge on any atom is 0.119 e. The SMILES string of the molecule is CC(C)Oc1ccc(-n2cnc3cc(/C=C\c4ccc(C5(O)CCOCC5)cc4)ccc32)cc1. The zero-order valence-corrected chi connectivity index (χ0v) is 19.6. The first-order valence-electron chi connectivity index (χ1n) is 11.8. The number of nitrogens with zero attached hydrogens (tertiary/aromatic N) is 2. The van der Waals surface area contributed by atoms with Crippen LogP contribution >= 0.6 is 0 Å². The van der Waals surface area contributed by atoms with Gasteiger partial charge in [0.05, 0.1) is 22.7 Å². The van der Waals surface area contributed by atoms with Gasteiger partial charge in [0.2, 0.25) is 0 Å². The number of aliphatic hydroxyl groups is 1. The topological polar surface area (TPSA) is 56.5 Å². The van der Waals surface area contributed by atoms with Crippen molar-refractivity contribution in [1.29, 1.82) is 0 Å². The van der Waals surface area contributed by atoms with Gasteiger partial charge in [-0.05, 0) is 66.9 Å². The Morgan fingerprint density at radius 3 is 2.32 bits per heavy atom. The average Bonchev–Trinajstić information content (AvgIpc) is 3.27. The van der Waals surface area contributed by atoms with Gasteiger partial charge in [-0.15, -0.1) is 0 Å². The van der Waals surface area contributed by atoms with Gasteiger partial charge in [0.25, 0.3) is 0 Å². The highest BCUT2D eigenvalue weighted by molar-refractivity contribution is 5.82. The summed E-state index contributed by atoms with van der Waals surface area (Å²) >= 11 is 0. The largest absolute Gasteiger partial charge is 0.491 e. The van der Waals surface area contributed by atoms with Crippen molar-refractivity contribution in [2.24, 2.45) is 0 Å². The highest BCUT2D eigenvalue weighted by Gasteiger charge is 2.31. The van der Waals surface area contributed by atoms with Crippen molar-refractivity contribution in [2.45, 2.75) is 38.4 Å². The summed E-state index contributed by atoms with van der Waals surface area (Å²) in [4.78, 5) is 4.61. The molecule has 2 heterocycles. The minimum atomic E-state index is -0.772. The third kappa shape index (κ3) is 4.76. The van der Waals surface area contributed by atoms with Crippen molar-refractivity contribution in [2.75, 3.05) is 13.2 Å². The lowest BCUT2D eigenvalue weighted by atomic mass is 9.86. The van der Waals surface area contributed by atoms with E-state index in [1.807, 2.05) is 56.6 Å². The van der Waals surface area contributed by atoms with E-state index in [0.29, 0.717) is 26.1 Å². The lowest BCUT2D eigenvalue weighted by Crippen LogP contribution is -2.33. The number of hydrogen-bond acceptors (Lipinski definition) is 4. The Morgan fingerprint density at radius 1 is 0.941 bits per heavy atom. The van der Waals surface area contributed by atoms with Crippen LogP contribution in [0.5, 0.6) is 5.75 Å². The molecule has 1 aliphatic rings. The lowest BCUT2D eigenvalue weighted by molar-refractivity contribution is -0.0679. The Bertz CT molecular complexity index is 1280. The van der Waals surface area contributed by atoms with E-state index in [0.717, 1.165) is 39.2 Å². The van der Waals surface area contributed by atoms with Crippen LogP contribution in [0.1, 0.15) is 43.4 Å². The van der Waals surface area contributed by atoms with Crippen LogP contribution in [0.25, 0.3) is 28.9 Å². The second kappa shape index (κ2) is 9.45. The monoisotopic (exact) mass is 454 g/mol. The molecule has 0 radical (unpaired) electrons. The number of benzene rings is 3. The van der Waals surface area contributed by atoms with Crippen LogP contribution < -0.4 is 4.74 Å². The highest BCUT2D eigenvalue weighted by atomic mass is 16.5. The maximum absolute atomic E-state index is 10.9. The second-order valence-electron chi connectivity index (χ2n) is 9.12. The van der Waals surface area contributed by atoms with Gasteiger partial charge in [-0.25, -0.2) is 4.98 Å². The van der Waals surface area contributed by atoms with Gasteiger partial charge < -0.3 is 14.6 Å². The number of rotatable bonds is 6. The molecule has 5 rings (SSSR count). The van der Waals surface area contributed by atoms with Crippen LogP contribution in [-0.4, -0.2) is 34.0 Å².